The van der Waals surface area contributed by atoms with Crippen LogP contribution in [0.4, 0.5) is 0 Å². The van der Waals surface area contributed by atoms with Gasteiger partial charge in [-0.25, -0.2) is 4.79 Å². The van der Waals surface area contributed by atoms with Gasteiger partial charge in [-0.15, -0.1) is 0 Å². The highest BCUT2D eigenvalue weighted by Crippen LogP contribution is 2.06. The fourth-order valence-electron chi connectivity index (χ4n) is 1.14. The third-order valence-corrected chi connectivity index (χ3v) is 1.90. The minimum absolute atomic E-state index is 0.0837. The van der Waals surface area contributed by atoms with Crippen LogP contribution in [-0.4, -0.2) is 29.0 Å². The highest BCUT2D eigenvalue weighted by atomic mass is 32.1. The number of nitrogens with one attached hydrogen (secondary N) is 1. The summed E-state index contributed by atoms with van der Waals surface area (Å²) in [6.45, 7) is 0. The van der Waals surface area contributed by atoms with Crippen molar-refractivity contribution in [3.05, 3.63) is 23.5 Å². The summed E-state index contributed by atoms with van der Waals surface area (Å²) in [5.41, 5.74) is 8.79. The number of rotatable bonds is 3. The Morgan fingerprint density at radius 1 is 1.75 bits per heavy atom. The van der Waals surface area contributed by atoms with Crippen LogP contribution in [0.5, 0.6) is 0 Å². The van der Waals surface area contributed by atoms with Crippen LogP contribution in [0.1, 0.15) is 16.1 Å². The van der Waals surface area contributed by atoms with E-state index < -0.39 is 5.97 Å². The van der Waals surface area contributed by atoms with E-state index in [1.54, 1.807) is 23.9 Å². The van der Waals surface area contributed by atoms with Crippen molar-refractivity contribution in [2.45, 2.75) is 0 Å². The molecule has 16 heavy (non-hydrogen) atoms. The zero-order valence-corrected chi connectivity index (χ0v) is 9.75. The Bertz CT molecular complexity index is 439. The lowest BCUT2D eigenvalue weighted by atomic mass is 10.3. The predicted molar refractivity (Wildman–Crippen MR) is 64.3 cm³/mol. The fraction of sp³-hybridized carbons (Fsp3) is 0.222. The Morgan fingerprint density at radius 3 is 3.00 bits per heavy atom. The summed E-state index contributed by atoms with van der Waals surface area (Å²) < 4.78 is 6.26. The van der Waals surface area contributed by atoms with Crippen LogP contribution in [-0.2, 0) is 11.8 Å². The first-order chi connectivity index (χ1) is 7.54. The van der Waals surface area contributed by atoms with Crippen molar-refractivity contribution in [2.75, 3.05) is 7.11 Å². The third kappa shape index (κ3) is 3.06. The molecule has 1 heterocycles. The van der Waals surface area contributed by atoms with Gasteiger partial charge in [0.15, 0.2) is 5.11 Å². The summed E-state index contributed by atoms with van der Waals surface area (Å²) in [5, 5.41) is 3.86. The first kappa shape index (κ1) is 12.2. The van der Waals surface area contributed by atoms with Gasteiger partial charge in [0.05, 0.1) is 13.3 Å². The van der Waals surface area contributed by atoms with Gasteiger partial charge in [-0.2, -0.15) is 5.10 Å². The molecule has 0 amide bonds. The van der Waals surface area contributed by atoms with Gasteiger partial charge in [-0.3, -0.25) is 5.43 Å². The molecule has 0 radical (unpaired) electrons. The number of methoxy groups -OCH3 is 1. The molecule has 3 N–H and O–H groups in total. The molecule has 86 valence electrons. The Labute approximate surface area is 98.1 Å². The number of ether oxygens (including phenoxy) is 1. The van der Waals surface area contributed by atoms with E-state index in [9.17, 15) is 4.79 Å². The fourth-order valence-corrected chi connectivity index (χ4v) is 1.19. The number of hydrogen-bond acceptors (Lipinski definition) is 4. The van der Waals surface area contributed by atoms with E-state index in [1.807, 2.05) is 0 Å². The second-order valence-electron chi connectivity index (χ2n) is 3.00. The molecule has 0 bridgehead atoms. The molecule has 0 saturated carbocycles. The molecule has 0 aliphatic rings. The van der Waals surface area contributed by atoms with Gasteiger partial charge < -0.3 is 15.0 Å². The van der Waals surface area contributed by atoms with E-state index in [-0.39, 0.29) is 5.11 Å². The van der Waals surface area contributed by atoms with Crippen molar-refractivity contribution >= 4 is 29.5 Å². The third-order valence-electron chi connectivity index (χ3n) is 1.81. The topological polar surface area (TPSA) is 81.6 Å². The minimum atomic E-state index is -0.399. The number of hydrazone groups is 1. The summed E-state index contributed by atoms with van der Waals surface area (Å²) in [6.07, 6.45) is 3.24. The van der Waals surface area contributed by atoms with Crippen molar-refractivity contribution in [1.82, 2.24) is 9.99 Å². The maximum atomic E-state index is 11.3. The van der Waals surface area contributed by atoms with Gasteiger partial charge in [0.25, 0.3) is 0 Å². The van der Waals surface area contributed by atoms with Gasteiger partial charge in [0.2, 0.25) is 0 Å². The quantitative estimate of drug-likeness (QED) is 0.336. The number of nitrogens with zero attached hydrogens (tertiary/aromatic N) is 2. The molecular formula is C9H12N4O2S. The smallest absolute Gasteiger partial charge is 0.354 e. The maximum absolute atomic E-state index is 11.3. The second kappa shape index (κ2) is 5.26. The molecule has 0 saturated heterocycles. The van der Waals surface area contributed by atoms with E-state index in [0.29, 0.717) is 5.69 Å². The lowest BCUT2D eigenvalue weighted by Crippen LogP contribution is -2.23. The Balaban J connectivity index is 2.80. The Kier molecular flexibility index (Phi) is 4.01. The van der Waals surface area contributed by atoms with Crippen molar-refractivity contribution in [3.63, 3.8) is 0 Å². The zero-order chi connectivity index (χ0) is 12.1. The van der Waals surface area contributed by atoms with Crippen LogP contribution in [0.2, 0.25) is 0 Å². The molecule has 1 aromatic rings. The highest BCUT2D eigenvalue weighted by molar-refractivity contribution is 7.80. The molecule has 0 aliphatic carbocycles. The lowest BCUT2D eigenvalue weighted by Gasteiger charge is -1.98. The van der Waals surface area contributed by atoms with Crippen molar-refractivity contribution in [1.29, 1.82) is 0 Å². The van der Waals surface area contributed by atoms with Gasteiger partial charge in [-0.05, 0) is 18.3 Å². The molecule has 1 rings (SSSR count). The van der Waals surface area contributed by atoms with Crippen LogP contribution in [0, 0.1) is 0 Å². The lowest BCUT2D eigenvalue weighted by molar-refractivity contribution is 0.0590. The molecule has 0 aromatic carbocycles. The van der Waals surface area contributed by atoms with Crippen molar-refractivity contribution in [3.8, 4) is 0 Å². The number of thiocarbonyl (C=S) groups is 1. The Hall–Kier alpha value is -1.89. The van der Waals surface area contributed by atoms with Gasteiger partial charge in [-0.1, -0.05) is 0 Å². The predicted octanol–water partition coefficient (Wildman–Crippen LogP) is -0.0212. The number of esters is 1. The van der Waals surface area contributed by atoms with Crippen LogP contribution < -0.4 is 11.2 Å². The van der Waals surface area contributed by atoms with E-state index in [1.165, 1.54) is 13.3 Å². The van der Waals surface area contributed by atoms with Crippen LogP contribution in [0.25, 0.3) is 0 Å². The number of carbonyl (C=O) groups is 1. The summed E-state index contributed by atoms with van der Waals surface area (Å²) >= 11 is 4.58. The summed E-state index contributed by atoms with van der Waals surface area (Å²) in [7, 11) is 3.07. The standard InChI is InChI=1S/C9H12N4O2S/c1-13-5-6(4-11-12-9(10)16)3-7(13)8(14)15-2/h3-5H,1-2H3,(H3,10,12,16)/b11-4-. The molecule has 1 aromatic heterocycles. The molecule has 6 nitrogen and oxygen atoms in total. The van der Waals surface area contributed by atoms with Crippen molar-refractivity contribution < 1.29 is 9.53 Å². The summed E-state index contributed by atoms with van der Waals surface area (Å²) in [4.78, 5) is 11.3. The van der Waals surface area contributed by atoms with E-state index in [2.05, 4.69) is 27.5 Å². The largest absolute Gasteiger partial charge is 0.464 e. The Morgan fingerprint density at radius 2 is 2.44 bits per heavy atom. The van der Waals surface area contributed by atoms with E-state index in [0.717, 1.165) is 5.56 Å². The van der Waals surface area contributed by atoms with E-state index in [4.69, 9.17) is 5.73 Å². The molecule has 0 unspecified atom stereocenters. The highest BCUT2D eigenvalue weighted by Gasteiger charge is 2.10. The number of nitrogens with two attached hydrogens (primary N) is 1. The summed E-state index contributed by atoms with van der Waals surface area (Å²) in [5.74, 6) is -0.399. The van der Waals surface area contributed by atoms with E-state index >= 15 is 0 Å². The van der Waals surface area contributed by atoms with Gasteiger partial charge in [0.1, 0.15) is 5.69 Å². The van der Waals surface area contributed by atoms with Gasteiger partial charge >= 0.3 is 5.97 Å². The van der Waals surface area contributed by atoms with Crippen LogP contribution in [0.3, 0.4) is 0 Å². The number of carbonyl (C=O) groups excluding carboxylic acids is 1. The molecular weight excluding hydrogens is 228 g/mol. The molecule has 0 atom stereocenters. The average Bonchev–Trinajstić information content (AvgIpc) is 2.58. The average molecular weight is 240 g/mol. The monoisotopic (exact) mass is 240 g/mol. The minimum Gasteiger partial charge on any atom is -0.464 e. The zero-order valence-electron chi connectivity index (χ0n) is 8.93. The summed E-state index contributed by atoms with van der Waals surface area (Å²) in [6, 6.07) is 1.65. The number of aromatic nitrogens is 1. The molecule has 0 spiro atoms. The number of hydrogen-bond donors (Lipinski definition) is 2. The second-order valence-corrected chi connectivity index (χ2v) is 3.44. The molecule has 0 aliphatic heterocycles. The van der Waals surface area contributed by atoms with Gasteiger partial charge in [0, 0.05) is 18.8 Å². The first-order valence-corrected chi connectivity index (χ1v) is 4.78. The molecule has 7 heteroatoms. The van der Waals surface area contributed by atoms with Crippen LogP contribution in [0.15, 0.2) is 17.4 Å². The van der Waals surface area contributed by atoms with Crippen LogP contribution >= 0.6 is 12.2 Å². The number of aryl methyl sites for hydroxylation is 1. The molecule has 0 fully saturated rings. The van der Waals surface area contributed by atoms with Crippen molar-refractivity contribution in [2.24, 2.45) is 17.9 Å². The SMILES string of the molecule is COC(=O)c1cc(/C=N\NC(N)=S)cn1C. The maximum Gasteiger partial charge on any atom is 0.354 e. The first-order valence-electron chi connectivity index (χ1n) is 4.37. The normalized spacial score (nSPS) is 10.4.